The Morgan fingerprint density at radius 2 is 1.95 bits per heavy atom. The van der Waals surface area contributed by atoms with Gasteiger partial charge in [0.05, 0.1) is 12.7 Å². The Balaban J connectivity index is 2.64. The fraction of sp³-hybridized carbons (Fsp3) is 0.769. The van der Waals surface area contributed by atoms with Gasteiger partial charge >= 0.3 is 0 Å². The summed E-state index contributed by atoms with van der Waals surface area (Å²) >= 11 is 0. The second kappa shape index (κ2) is 7.35. The van der Waals surface area contributed by atoms with Crippen LogP contribution < -0.4 is 5.32 Å². The molecule has 0 spiro atoms. The van der Waals surface area contributed by atoms with Gasteiger partial charge in [-0.2, -0.15) is 0 Å². The lowest BCUT2D eigenvalue weighted by atomic mass is 10.1. The van der Waals surface area contributed by atoms with Crippen molar-refractivity contribution in [3.8, 4) is 0 Å². The molecule has 7 nitrogen and oxygen atoms in total. The molecule has 1 amide bonds. The molecule has 114 valence electrons. The monoisotopic (exact) mass is 284 g/mol. The molecule has 0 fully saturated rings. The van der Waals surface area contributed by atoms with E-state index in [0.717, 1.165) is 0 Å². The number of amides is 1. The van der Waals surface area contributed by atoms with Crippen LogP contribution in [0.15, 0.2) is 6.20 Å². The highest BCUT2D eigenvalue weighted by atomic mass is 16.7. The van der Waals surface area contributed by atoms with Gasteiger partial charge in [0.15, 0.2) is 12.0 Å². The minimum absolute atomic E-state index is 0.242. The topological polar surface area (TPSA) is 78.3 Å². The first-order valence-corrected chi connectivity index (χ1v) is 6.81. The zero-order chi connectivity index (χ0) is 15.2. The summed E-state index contributed by atoms with van der Waals surface area (Å²) in [6.45, 7) is 11.0. The van der Waals surface area contributed by atoms with Crippen molar-refractivity contribution in [1.29, 1.82) is 0 Å². The van der Waals surface area contributed by atoms with Gasteiger partial charge in [-0.3, -0.25) is 4.79 Å². The van der Waals surface area contributed by atoms with Crippen molar-refractivity contribution in [3.05, 3.63) is 11.9 Å². The third-order valence-electron chi connectivity index (χ3n) is 2.30. The lowest BCUT2D eigenvalue weighted by Gasteiger charge is -2.19. The van der Waals surface area contributed by atoms with Gasteiger partial charge in [-0.15, -0.1) is 5.10 Å². The zero-order valence-electron chi connectivity index (χ0n) is 12.8. The predicted molar refractivity (Wildman–Crippen MR) is 74.3 cm³/mol. The van der Waals surface area contributed by atoms with Gasteiger partial charge in [-0.25, -0.2) is 4.68 Å². The van der Waals surface area contributed by atoms with E-state index in [1.54, 1.807) is 10.9 Å². The Labute approximate surface area is 119 Å². The number of ether oxygens (including phenoxy) is 2. The minimum Gasteiger partial charge on any atom is -0.351 e. The van der Waals surface area contributed by atoms with Crippen LogP contribution in [0.2, 0.25) is 0 Å². The number of hydrogen-bond donors (Lipinski definition) is 1. The molecule has 0 aliphatic carbocycles. The maximum atomic E-state index is 11.9. The summed E-state index contributed by atoms with van der Waals surface area (Å²) in [5.41, 5.74) is -0.0216. The Bertz CT molecular complexity index is 419. The molecule has 20 heavy (non-hydrogen) atoms. The summed E-state index contributed by atoms with van der Waals surface area (Å²) in [6.07, 6.45) is 1.21. The van der Waals surface area contributed by atoms with Crippen LogP contribution in [0.1, 0.15) is 45.1 Å². The van der Waals surface area contributed by atoms with E-state index in [2.05, 4.69) is 15.6 Å². The second-order valence-corrected chi connectivity index (χ2v) is 5.37. The third kappa shape index (κ3) is 5.66. The van der Waals surface area contributed by atoms with Gasteiger partial charge in [0.1, 0.15) is 0 Å². The molecule has 0 saturated carbocycles. The van der Waals surface area contributed by atoms with Crippen LogP contribution in [0.3, 0.4) is 0 Å². The number of rotatable bonds is 7. The molecule has 0 saturated heterocycles. The molecule has 0 aromatic carbocycles. The smallest absolute Gasteiger partial charge is 0.273 e. The molecule has 0 atom stereocenters. The van der Waals surface area contributed by atoms with Crippen molar-refractivity contribution in [2.24, 2.45) is 0 Å². The fourth-order valence-electron chi connectivity index (χ4n) is 1.57. The van der Waals surface area contributed by atoms with Gasteiger partial charge in [-0.05, 0) is 34.6 Å². The van der Waals surface area contributed by atoms with Crippen LogP contribution in [-0.2, 0) is 16.0 Å². The van der Waals surface area contributed by atoms with Crippen molar-refractivity contribution in [1.82, 2.24) is 20.3 Å². The van der Waals surface area contributed by atoms with Crippen LogP contribution in [0.5, 0.6) is 0 Å². The summed E-state index contributed by atoms with van der Waals surface area (Å²) in [6, 6.07) is 0. The van der Waals surface area contributed by atoms with E-state index in [0.29, 0.717) is 19.8 Å². The Morgan fingerprint density at radius 1 is 1.35 bits per heavy atom. The molecule has 1 aromatic heterocycles. The Hall–Kier alpha value is -1.47. The van der Waals surface area contributed by atoms with Gasteiger partial charge in [0.2, 0.25) is 0 Å². The van der Waals surface area contributed by atoms with E-state index in [4.69, 9.17) is 9.47 Å². The zero-order valence-corrected chi connectivity index (χ0v) is 12.8. The number of aromatic nitrogens is 3. The number of nitrogens with one attached hydrogen (secondary N) is 1. The first kappa shape index (κ1) is 16.6. The SMILES string of the molecule is CCOC(Cn1cc(C(=O)NC(C)(C)C)nn1)OCC. The van der Waals surface area contributed by atoms with E-state index in [1.165, 1.54) is 0 Å². The average molecular weight is 284 g/mol. The molecule has 7 heteroatoms. The van der Waals surface area contributed by atoms with Crippen LogP contribution in [0.4, 0.5) is 0 Å². The molecule has 1 rings (SSSR count). The molecular formula is C13H24N4O3. The number of nitrogens with zero attached hydrogens (tertiary/aromatic N) is 3. The summed E-state index contributed by atoms with van der Waals surface area (Å²) in [5.74, 6) is -0.242. The lowest BCUT2D eigenvalue weighted by molar-refractivity contribution is -0.145. The molecule has 1 N–H and O–H groups in total. The number of hydrogen-bond acceptors (Lipinski definition) is 5. The highest BCUT2D eigenvalue weighted by Crippen LogP contribution is 2.04. The van der Waals surface area contributed by atoms with E-state index >= 15 is 0 Å². The van der Waals surface area contributed by atoms with E-state index in [-0.39, 0.29) is 23.4 Å². The summed E-state index contributed by atoms with van der Waals surface area (Å²) in [4.78, 5) is 11.9. The second-order valence-electron chi connectivity index (χ2n) is 5.37. The summed E-state index contributed by atoms with van der Waals surface area (Å²) < 4.78 is 12.4. The van der Waals surface area contributed by atoms with Crippen LogP contribution >= 0.6 is 0 Å². The van der Waals surface area contributed by atoms with Gasteiger partial charge < -0.3 is 14.8 Å². The largest absolute Gasteiger partial charge is 0.351 e. The van der Waals surface area contributed by atoms with Gasteiger partial charge in [-0.1, -0.05) is 5.21 Å². The summed E-state index contributed by atoms with van der Waals surface area (Å²) in [5, 5.41) is 10.6. The summed E-state index contributed by atoms with van der Waals surface area (Å²) in [7, 11) is 0. The lowest BCUT2D eigenvalue weighted by Crippen LogP contribution is -2.40. The molecular weight excluding hydrogens is 260 g/mol. The molecule has 0 radical (unpaired) electrons. The highest BCUT2D eigenvalue weighted by molar-refractivity contribution is 5.92. The molecule has 1 aromatic rings. The minimum atomic E-state index is -0.384. The predicted octanol–water partition coefficient (Wildman–Crippen LogP) is 1.21. The molecule has 0 unspecified atom stereocenters. The standard InChI is InChI=1S/C13H24N4O3/c1-6-19-11(20-7-2)9-17-8-10(15-16-17)12(18)14-13(3,4)5/h8,11H,6-7,9H2,1-5H3,(H,14,18). The maximum Gasteiger partial charge on any atom is 0.273 e. The molecule has 0 aliphatic rings. The van der Waals surface area contributed by atoms with Crippen molar-refractivity contribution >= 4 is 5.91 Å². The van der Waals surface area contributed by atoms with Crippen molar-refractivity contribution in [2.75, 3.05) is 13.2 Å². The van der Waals surface area contributed by atoms with Crippen molar-refractivity contribution in [2.45, 2.75) is 53.0 Å². The first-order valence-electron chi connectivity index (χ1n) is 6.81. The fourth-order valence-corrected chi connectivity index (χ4v) is 1.57. The normalized spacial score (nSPS) is 11.9. The molecule has 0 aliphatic heterocycles. The average Bonchev–Trinajstić information content (AvgIpc) is 2.76. The maximum absolute atomic E-state index is 11.9. The third-order valence-corrected chi connectivity index (χ3v) is 2.30. The van der Waals surface area contributed by atoms with Crippen LogP contribution in [-0.4, -0.2) is 45.9 Å². The Morgan fingerprint density at radius 3 is 2.45 bits per heavy atom. The van der Waals surface area contributed by atoms with Gasteiger partial charge in [0.25, 0.3) is 5.91 Å². The van der Waals surface area contributed by atoms with E-state index in [9.17, 15) is 4.79 Å². The van der Waals surface area contributed by atoms with Crippen molar-refractivity contribution in [3.63, 3.8) is 0 Å². The van der Waals surface area contributed by atoms with Gasteiger partial charge in [0, 0.05) is 18.8 Å². The number of carbonyl (C=O) groups excluding carboxylic acids is 1. The van der Waals surface area contributed by atoms with Crippen molar-refractivity contribution < 1.29 is 14.3 Å². The first-order chi connectivity index (χ1) is 9.35. The molecule has 0 bridgehead atoms. The molecule has 1 heterocycles. The number of carbonyl (C=O) groups is 1. The van der Waals surface area contributed by atoms with Crippen LogP contribution in [0.25, 0.3) is 0 Å². The van der Waals surface area contributed by atoms with E-state index < -0.39 is 0 Å². The quantitative estimate of drug-likeness (QED) is 0.761. The van der Waals surface area contributed by atoms with Crippen LogP contribution in [0, 0.1) is 0 Å². The van der Waals surface area contributed by atoms with E-state index in [1.807, 2.05) is 34.6 Å². The highest BCUT2D eigenvalue weighted by Gasteiger charge is 2.19. The Kier molecular flexibility index (Phi) is 6.09.